The number of nitrogens with zero attached hydrogens (tertiary/aromatic N) is 3. The summed E-state index contributed by atoms with van der Waals surface area (Å²) in [5.74, 6) is 1.47. The number of benzene rings is 1. The van der Waals surface area contributed by atoms with Crippen LogP contribution in [-0.4, -0.2) is 29.8 Å². The molecule has 7 heteroatoms. The summed E-state index contributed by atoms with van der Waals surface area (Å²) >= 11 is 12.0. The van der Waals surface area contributed by atoms with Crippen LogP contribution in [0, 0.1) is 0 Å². The SMILES string of the molecule is CC(C)c1nc(N2CCO[C@H](c3ccc(Cl)c(Cl)c3)C2)no1. The van der Waals surface area contributed by atoms with Gasteiger partial charge < -0.3 is 14.2 Å². The summed E-state index contributed by atoms with van der Waals surface area (Å²) in [5.41, 5.74) is 0.992. The van der Waals surface area contributed by atoms with Gasteiger partial charge in [-0.3, -0.25) is 0 Å². The zero-order valence-electron chi connectivity index (χ0n) is 12.4. The van der Waals surface area contributed by atoms with Gasteiger partial charge in [-0.25, -0.2) is 0 Å². The van der Waals surface area contributed by atoms with Crippen LogP contribution in [0.5, 0.6) is 0 Å². The first-order valence-electron chi connectivity index (χ1n) is 7.19. The second kappa shape index (κ2) is 6.44. The van der Waals surface area contributed by atoms with Crippen LogP contribution in [0.2, 0.25) is 10.0 Å². The lowest BCUT2D eigenvalue weighted by Crippen LogP contribution is -2.39. The van der Waals surface area contributed by atoms with E-state index in [1.807, 2.05) is 26.0 Å². The van der Waals surface area contributed by atoms with Crippen molar-refractivity contribution < 1.29 is 9.26 Å². The van der Waals surface area contributed by atoms with Gasteiger partial charge in [-0.2, -0.15) is 4.98 Å². The molecule has 118 valence electrons. The molecule has 0 amide bonds. The highest BCUT2D eigenvalue weighted by atomic mass is 35.5. The Balaban J connectivity index is 1.77. The molecule has 1 fully saturated rings. The summed E-state index contributed by atoms with van der Waals surface area (Å²) in [6, 6.07) is 5.55. The van der Waals surface area contributed by atoms with Crippen molar-refractivity contribution in [2.24, 2.45) is 0 Å². The third-order valence-corrected chi connectivity index (χ3v) is 4.33. The molecule has 22 heavy (non-hydrogen) atoms. The van der Waals surface area contributed by atoms with Gasteiger partial charge in [-0.1, -0.05) is 43.1 Å². The van der Waals surface area contributed by atoms with Gasteiger partial charge in [0.25, 0.3) is 5.95 Å². The van der Waals surface area contributed by atoms with E-state index in [-0.39, 0.29) is 12.0 Å². The molecule has 0 aliphatic carbocycles. The Kier molecular flexibility index (Phi) is 4.57. The maximum absolute atomic E-state index is 6.08. The van der Waals surface area contributed by atoms with Gasteiger partial charge in [-0.15, -0.1) is 0 Å². The highest BCUT2D eigenvalue weighted by molar-refractivity contribution is 6.42. The molecular weight excluding hydrogens is 325 g/mol. The molecule has 1 aromatic heterocycles. The van der Waals surface area contributed by atoms with Crippen molar-refractivity contribution in [1.82, 2.24) is 10.1 Å². The Labute approximate surface area is 139 Å². The molecule has 0 saturated carbocycles. The van der Waals surface area contributed by atoms with Crippen LogP contribution in [0.3, 0.4) is 0 Å². The zero-order chi connectivity index (χ0) is 15.7. The Morgan fingerprint density at radius 1 is 1.27 bits per heavy atom. The molecule has 2 aromatic rings. The Hall–Kier alpha value is -1.30. The average molecular weight is 342 g/mol. The van der Waals surface area contributed by atoms with Crippen molar-refractivity contribution in [2.45, 2.75) is 25.9 Å². The third kappa shape index (κ3) is 3.21. The van der Waals surface area contributed by atoms with Crippen LogP contribution in [-0.2, 0) is 4.74 Å². The summed E-state index contributed by atoms with van der Waals surface area (Å²) < 4.78 is 11.1. The Morgan fingerprint density at radius 2 is 2.09 bits per heavy atom. The van der Waals surface area contributed by atoms with Gasteiger partial charge in [-0.05, 0) is 22.9 Å². The second-order valence-corrected chi connectivity index (χ2v) is 6.38. The molecular formula is C15H17Cl2N3O2. The van der Waals surface area contributed by atoms with Gasteiger partial charge >= 0.3 is 0 Å². The fourth-order valence-corrected chi connectivity index (χ4v) is 2.64. The lowest BCUT2D eigenvalue weighted by atomic mass is 10.1. The minimum absolute atomic E-state index is 0.0930. The molecule has 0 unspecified atom stereocenters. The molecule has 0 spiro atoms. The number of aromatic nitrogens is 2. The topological polar surface area (TPSA) is 51.4 Å². The smallest absolute Gasteiger partial charge is 0.266 e. The number of rotatable bonds is 3. The molecule has 1 saturated heterocycles. The highest BCUT2D eigenvalue weighted by Crippen LogP contribution is 2.30. The Morgan fingerprint density at radius 3 is 2.77 bits per heavy atom. The molecule has 1 atom stereocenters. The number of morpholine rings is 1. The van der Waals surface area contributed by atoms with Crippen molar-refractivity contribution >= 4 is 29.2 Å². The van der Waals surface area contributed by atoms with E-state index in [2.05, 4.69) is 15.0 Å². The molecule has 1 aromatic carbocycles. The highest BCUT2D eigenvalue weighted by Gasteiger charge is 2.26. The first-order chi connectivity index (χ1) is 10.5. The maximum atomic E-state index is 6.08. The molecule has 2 heterocycles. The van der Waals surface area contributed by atoms with E-state index in [1.165, 1.54) is 0 Å². The van der Waals surface area contributed by atoms with Crippen molar-refractivity contribution in [3.05, 3.63) is 39.7 Å². The van der Waals surface area contributed by atoms with E-state index in [4.69, 9.17) is 32.5 Å². The first kappa shape index (κ1) is 15.6. The van der Waals surface area contributed by atoms with E-state index >= 15 is 0 Å². The van der Waals surface area contributed by atoms with Gasteiger partial charge in [0, 0.05) is 12.5 Å². The third-order valence-electron chi connectivity index (χ3n) is 3.59. The lowest BCUT2D eigenvalue weighted by molar-refractivity contribution is 0.0391. The van der Waals surface area contributed by atoms with Gasteiger partial charge in [0.1, 0.15) is 6.10 Å². The van der Waals surface area contributed by atoms with E-state index in [0.29, 0.717) is 35.0 Å². The standard InChI is InChI=1S/C15H17Cl2N3O2/c1-9(2)14-18-15(19-22-14)20-5-6-21-13(8-20)10-3-4-11(16)12(17)7-10/h3-4,7,9,13H,5-6,8H2,1-2H3/t13-/m0/s1. The predicted molar refractivity (Wildman–Crippen MR) is 85.8 cm³/mol. The van der Waals surface area contributed by atoms with Crippen LogP contribution < -0.4 is 4.90 Å². The van der Waals surface area contributed by atoms with Crippen molar-refractivity contribution in [1.29, 1.82) is 0 Å². The fourth-order valence-electron chi connectivity index (χ4n) is 2.34. The van der Waals surface area contributed by atoms with Crippen molar-refractivity contribution in [3.63, 3.8) is 0 Å². The Bertz CT molecular complexity index is 660. The number of hydrogen-bond acceptors (Lipinski definition) is 5. The lowest BCUT2D eigenvalue weighted by Gasteiger charge is -2.32. The van der Waals surface area contributed by atoms with E-state index in [1.54, 1.807) is 6.07 Å². The summed E-state index contributed by atoms with van der Waals surface area (Å²) in [7, 11) is 0. The first-order valence-corrected chi connectivity index (χ1v) is 7.95. The number of halogens is 2. The minimum Gasteiger partial charge on any atom is -0.370 e. The van der Waals surface area contributed by atoms with Crippen LogP contribution >= 0.6 is 23.2 Å². The van der Waals surface area contributed by atoms with E-state index in [0.717, 1.165) is 12.1 Å². The number of anilines is 1. The molecule has 1 aliphatic heterocycles. The predicted octanol–water partition coefficient (Wildman–Crippen LogP) is 4.08. The quantitative estimate of drug-likeness (QED) is 0.841. The molecule has 0 radical (unpaired) electrons. The minimum atomic E-state index is -0.0930. The molecule has 1 aliphatic rings. The van der Waals surface area contributed by atoms with Crippen LogP contribution in [0.25, 0.3) is 0 Å². The molecule has 0 bridgehead atoms. The average Bonchev–Trinajstić information content (AvgIpc) is 3.00. The zero-order valence-corrected chi connectivity index (χ0v) is 13.9. The summed E-state index contributed by atoms with van der Waals surface area (Å²) in [6.07, 6.45) is -0.0930. The molecule has 3 rings (SSSR count). The van der Waals surface area contributed by atoms with Crippen molar-refractivity contribution in [3.8, 4) is 0 Å². The second-order valence-electron chi connectivity index (χ2n) is 5.57. The van der Waals surface area contributed by atoms with Crippen LogP contribution in [0.1, 0.15) is 37.3 Å². The summed E-state index contributed by atoms with van der Waals surface area (Å²) in [6.45, 7) is 6.02. The van der Waals surface area contributed by atoms with Crippen molar-refractivity contribution in [2.75, 3.05) is 24.6 Å². The number of ether oxygens (including phenoxy) is 1. The summed E-state index contributed by atoms with van der Waals surface area (Å²) in [4.78, 5) is 6.50. The van der Waals surface area contributed by atoms with Crippen LogP contribution in [0.4, 0.5) is 5.95 Å². The van der Waals surface area contributed by atoms with E-state index < -0.39 is 0 Å². The van der Waals surface area contributed by atoms with Gasteiger partial charge in [0.05, 0.1) is 23.2 Å². The number of hydrogen-bond donors (Lipinski definition) is 0. The molecule has 5 nitrogen and oxygen atoms in total. The fraction of sp³-hybridized carbons (Fsp3) is 0.467. The van der Waals surface area contributed by atoms with E-state index in [9.17, 15) is 0 Å². The maximum Gasteiger partial charge on any atom is 0.266 e. The van der Waals surface area contributed by atoms with Gasteiger partial charge in [0.2, 0.25) is 5.89 Å². The van der Waals surface area contributed by atoms with Gasteiger partial charge in [0.15, 0.2) is 0 Å². The van der Waals surface area contributed by atoms with Crippen LogP contribution in [0.15, 0.2) is 22.7 Å². The normalized spacial score (nSPS) is 19.0. The summed E-state index contributed by atoms with van der Waals surface area (Å²) in [5, 5.41) is 5.13. The molecule has 0 N–H and O–H groups in total. The largest absolute Gasteiger partial charge is 0.370 e. The monoisotopic (exact) mass is 341 g/mol.